The fourth-order valence-electron chi connectivity index (χ4n) is 3.17. The van der Waals surface area contributed by atoms with Gasteiger partial charge in [-0.1, -0.05) is 23.9 Å². The van der Waals surface area contributed by atoms with E-state index in [9.17, 15) is 47.9 Å². The molecule has 0 fully saturated rings. The Bertz CT molecular complexity index is 1920. The molecule has 41 heavy (non-hydrogen) atoms. The molecule has 0 aliphatic heterocycles. The van der Waals surface area contributed by atoms with Crippen molar-refractivity contribution in [2.75, 3.05) is 18.1 Å². The van der Waals surface area contributed by atoms with Crippen LogP contribution in [0.4, 0.5) is 17.1 Å². The van der Waals surface area contributed by atoms with Crippen LogP contribution in [0.2, 0.25) is 0 Å². The first-order valence-corrected chi connectivity index (χ1v) is 15.5. The quantitative estimate of drug-likeness (QED) is 0.0921. The van der Waals surface area contributed by atoms with Crippen LogP contribution in [0.5, 0.6) is 5.75 Å². The molecule has 0 aromatic heterocycles. The average molecular weight is 678 g/mol. The molecule has 3 rings (SSSR count). The molecule has 0 atom stereocenters. The van der Waals surface area contributed by atoms with E-state index < -0.39 is 101 Å². The number of rotatable bonds is 9. The van der Waals surface area contributed by atoms with E-state index in [1.807, 2.05) is 0 Å². The second-order valence-corrected chi connectivity index (χ2v) is 13.2. The number of benzene rings is 3. The zero-order valence-electron chi connectivity index (χ0n) is 21.4. The van der Waals surface area contributed by atoms with Gasteiger partial charge in [-0.05, 0) is 29.7 Å². The first kappa shape index (κ1) is 40.8. The molecule has 0 radical (unpaired) electrons. The number of sulfone groups is 1. The fourth-order valence-corrected chi connectivity index (χ4v) is 5.96. The zero-order chi connectivity index (χ0) is 28.7. The van der Waals surface area contributed by atoms with Gasteiger partial charge >= 0.3 is 99.1 Å². The van der Waals surface area contributed by atoms with Gasteiger partial charge in [-0.2, -0.15) is 8.42 Å². The molecule has 23 heteroatoms. The Labute approximate surface area is 301 Å². The largest absolute Gasteiger partial charge is 1.00 e. The molecule has 0 heterocycles. The summed E-state index contributed by atoms with van der Waals surface area (Å²) in [4.78, 5) is -2.68. The second-order valence-electron chi connectivity index (χ2n) is 7.30. The summed E-state index contributed by atoms with van der Waals surface area (Å²) in [5.41, 5.74) is 3.74. The summed E-state index contributed by atoms with van der Waals surface area (Å²) in [6.07, 6.45) is 0. The van der Waals surface area contributed by atoms with E-state index >= 15 is 0 Å². The topological polar surface area (TPSA) is 286 Å². The monoisotopic (exact) mass is 677 g/mol. The molecular weight excluding hydrogens is 663 g/mol. The summed E-state index contributed by atoms with van der Waals surface area (Å²) in [5, 5.41) is 19.0. The molecule has 3 N–H and O–H groups in total. The third-order valence-electron chi connectivity index (χ3n) is 4.75. The molecule has 3 aromatic rings. The van der Waals surface area contributed by atoms with Crippen molar-refractivity contribution in [3.63, 3.8) is 0 Å². The van der Waals surface area contributed by atoms with Crippen LogP contribution in [0.15, 0.2) is 67.4 Å². The number of azo groups is 1. The summed E-state index contributed by atoms with van der Waals surface area (Å²) in [5.74, 6) is -2.10. The molecule has 0 saturated carbocycles. The van der Waals surface area contributed by atoms with Crippen LogP contribution in [0.25, 0.3) is 10.8 Å². The van der Waals surface area contributed by atoms with Gasteiger partial charge in [-0.3, -0.25) is 4.55 Å². The Morgan fingerprint density at radius 2 is 1.41 bits per heavy atom. The Hall–Kier alpha value is -0.240. The van der Waals surface area contributed by atoms with E-state index in [1.54, 1.807) is 0 Å². The first-order valence-electron chi connectivity index (χ1n) is 9.66. The zero-order valence-corrected chi connectivity index (χ0v) is 30.7. The summed E-state index contributed by atoms with van der Waals surface area (Å²) in [6, 6.07) is 6.36. The van der Waals surface area contributed by atoms with E-state index in [0.717, 1.165) is 12.1 Å². The maximum Gasteiger partial charge on any atom is 1.00 e. The summed E-state index contributed by atoms with van der Waals surface area (Å²) >= 11 is 0. The molecule has 206 valence electrons. The Kier molecular flexibility index (Phi) is 15.1. The third kappa shape index (κ3) is 10.4. The number of hydrogen-bond acceptors (Lipinski definition) is 15. The second kappa shape index (κ2) is 15.2. The SMILES string of the molecule is Nc1c(S(=O)(=O)[O-])cc2cc(S(=O)(=O)[O-])cc([O-])c2c1N=Nc1ccccc1S(=O)(=O)CCOS(=O)(=O)O.[Na+].[Na+].[Na+]. The van der Waals surface area contributed by atoms with Crippen molar-refractivity contribution in [1.29, 1.82) is 0 Å². The maximum absolute atomic E-state index is 12.7. The molecule has 0 amide bonds. The van der Waals surface area contributed by atoms with Crippen LogP contribution in [0.1, 0.15) is 0 Å². The first-order chi connectivity index (χ1) is 17.3. The Morgan fingerprint density at radius 1 is 0.829 bits per heavy atom. The van der Waals surface area contributed by atoms with Gasteiger partial charge in [0, 0.05) is 5.39 Å². The summed E-state index contributed by atoms with van der Waals surface area (Å²) in [6.45, 7) is -0.960. The molecular formula is C18H14N3Na3O13S4. The molecule has 0 unspecified atom stereocenters. The van der Waals surface area contributed by atoms with Crippen LogP contribution < -0.4 is 99.5 Å². The minimum absolute atomic E-state index is 0. The predicted molar refractivity (Wildman–Crippen MR) is 124 cm³/mol. The van der Waals surface area contributed by atoms with Crippen LogP contribution in [0, 0.1) is 0 Å². The number of anilines is 1. The molecule has 3 aromatic carbocycles. The average Bonchev–Trinajstić information content (AvgIpc) is 2.76. The van der Waals surface area contributed by atoms with Crippen molar-refractivity contribution in [2.45, 2.75) is 14.7 Å². The van der Waals surface area contributed by atoms with Crippen LogP contribution in [0.3, 0.4) is 0 Å². The minimum atomic E-state index is -5.33. The van der Waals surface area contributed by atoms with E-state index in [2.05, 4.69) is 14.4 Å². The summed E-state index contributed by atoms with van der Waals surface area (Å²) < 4.78 is 129. The maximum atomic E-state index is 12.7. The van der Waals surface area contributed by atoms with Crippen molar-refractivity contribution in [3.8, 4) is 5.75 Å². The van der Waals surface area contributed by atoms with Gasteiger partial charge in [0.2, 0.25) is 0 Å². The molecule has 0 bridgehead atoms. The van der Waals surface area contributed by atoms with E-state index in [1.165, 1.54) is 12.1 Å². The minimum Gasteiger partial charge on any atom is -0.872 e. The molecule has 0 aliphatic rings. The van der Waals surface area contributed by atoms with Gasteiger partial charge in [0.25, 0.3) is 0 Å². The van der Waals surface area contributed by atoms with Crippen molar-refractivity contribution in [2.24, 2.45) is 10.2 Å². The van der Waals surface area contributed by atoms with E-state index in [-0.39, 0.29) is 88.7 Å². The van der Waals surface area contributed by atoms with Gasteiger partial charge in [0.05, 0.1) is 32.7 Å². The van der Waals surface area contributed by atoms with Crippen molar-refractivity contribution >= 4 is 68.3 Å². The molecule has 0 spiro atoms. The predicted octanol–water partition coefficient (Wildman–Crippen LogP) is -8.68. The molecule has 16 nitrogen and oxygen atoms in total. The summed E-state index contributed by atoms with van der Waals surface area (Å²) in [7, 11) is -19.8. The van der Waals surface area contributed by atoms with Gasteiger partial charge in [0.1, 0.15) is 31.6 Å². The van der Waals surface area contributed by atoms with Gasteiger partial charge < -0.3 is 19.9 Å². The van der Waals surface area contributed by atoms with Gasteiger partial charge in [-0.15, -0.1) is 10.2 Å². The molecule has 0 saturated heterocycles. The smallest absolute Gasteiger partial charge is 0.872 e. The number of nitrogens with two attached hydrogens (primary N) is 1. The Balaban J connectivity index is 0.00000533. The number of nitrogens with zero attached hydrogens (tertiary/aromatic N) is 2. The number of nitrogen functional groups attached to an aromatic ring is 1. The fraction of sp³-hybridized carbons (Fsp3) is 0.111. The van der Waals surface area contributed by atoms with E-state index in [0.29, 0.717) is 18.2 Å². The Morgan fingerprint density at radius 3 is 1.95 bits per heavy atom. The van der Waals surface area contributed by atoms with E-state index in [4.69, 9.17) is 10.3 Å². The molecule has 0 aliphatic carbocycles. The van der Waals surface area contributed by atoms with Gasteiger partial charge in [-0.25, -0.2) is 29.4 Å². The normalized spacial score (nSPS) is 12.4. The number of fused-ring (bicyclic) bond motifs is 1. The number of hydrogen-bond donors (Lipinski definition) is 2. The van der Waals surface area contributed by atoms with Crippen LogP contribution in [-0.2, 0) is 44.7 Å². The van der Waals surface area contributed by atoms with Crippen molar-refractivity contribution in [1.82, 2.24) is 0 Å². The third-order valence-corrected chi connectivity index (χ3v) is 8.62. The van der Waals surface area contributed by atoms with Crippen LogP contribution >= 0.6 is 0 Å². The standard InChI is InChI=1S/C18H17N3O13S4.3Na/c19-17-15(37(28,29)30)8-10-7-11(36(25,26)27)9-13(22)16(10)18(17)21-20-12-3-1-2-4-14(12)35(23,24)6-5-34-38(31,32)33;;;/h1-4,7-9,22H,5-6,19H2,(H,25,26,27)(H,28,29,30)(H,31,32,33);;;/q;3*+1/p-3. The van der Waals surface area contributed by atoms with Crippen molar-refractivity contribution in [3.05, 3.63) is 42.5 Å². The van der Waals surface area contributed by atoms with Gasteiger partial charge in [0.15, 0.2) is 9.84 Å². The van der Waals surface area contributed by atoms with Crippen LogP contribution in [-0.4, -0.2) is 59.7 Å². The van der Waals surface area contributed by atoms with Crippen molar-refractivity contribution < 1.29 is 145 Å².